The van der Waals surface area contributed by atoms with E-state index >= 15 is 0 Å². The minimum atomic E-state index is 0.483. The summed E-state index contributed by atoms with van der Waals surface area (Å²) in [4.78, 5) is 3.99. The summed E-state index contributed by atoms with van der Waals surface area (Å²) in [6, 6.07) is 7.60. The van der Waals surface area contributed by atoms with Gasteiger partial charge in [-0.3, -0.25) is 0 Å². The molecule has 0 spiro atoms. The van der Waals surface area contributed by atoms with Gasteiger partial charge in [0.15, 0.2) is 0 Å². The van der Waals surface area contributed by atoms with E-state index in [1.165, 1.54) is 0 Å². The lowest BCUT2D eigenvalue weighted by Gasteiger charge is -2.04. The predicted octanol–water partition coefficient (Wildman–Crippen LogP) is 2.90. The summed E-state index contributed by atoms with van der Waals surface area (Å²) in [5.41, 5.74) is 0. The fraction of sp³-hybridized carbons (Fsp3) is 0.100. The fourth-order valence-electron chi connectivity index (χ4n) is 1.29. The number of aromatic nitrogens is 1. The van der Waals surface area contributed by atoms with Crippen LogP contribution in [0.3, 0.4) is 0 Å². The van der Waals surface area contributed by atoms with Crippen LogP contribution in [-0.2, 0) is 0 Å². The highest BCUT2D eigenvalue weighted by Gasteiger charge is 2.01. The predicted molar refractivity (Wildman–Crippen MR) is 53.3 cm³/mol. The van der Waals surface area contributed by atoms with Crippen molar-refractivity contribution in [3.05, 3.63) is 35.6 Å². The first-order valence-electron chi connectivity index (χ1n) is 3.89. The third kappa shape index (κ3) is 1.45. The van der Waals surface area contributed by atoms with E-state index < -0.39 is 0 Å². The molecular formula is C10H8ClNO. The molecule has 0 unspecified atom stereocenters. The van der Waals surface area contributed by atoms with Crippen LogP contribution >= 0.6 is 11.6 Å². The zero-order valence-electron chi connectivity index (χ0n) is 7.12. The lowest BCUT2D eigenvalue weighted by molar-refractivity contribution is 0.420. The monoisotopic (exact) mass is 193 g/mol. The minimum Gasteiger partial charge on any atom is -0.496 e. The highest BCUT2D eigenvalue weighted by atomic mass is 35.5. The number of benzene rings is 1. The van der Waals surface area contributed by atoms with E-state index in [1.54, 1.807) is 19.4 Å². The van der Waals surface area contributed by atoms with E-state index in [-0.39, 0.29) is 0 Å². The Bertz CT molecular complexity index is 442. The van der Waals surface area contributed by atoms with E-state index in [4.69, 9.17) is 16.3 Å². The molecule has 2 rings (SSSR count). The molecule has 2 nitrogen and oxygen atoms in total. The summed E-state index contributed by atoms with van der Waals surface area (Å²) in [7, 11) is 1.64. The minimum absolute atomic E-state index is 0.483. The van der Waals surface area contributed by atoms with E-state index in [0.29, 0.717) is 5.15 Å². The van der Waals surface area contributed by atoms with Gasteiger partial charge in [0, 0.05) is 17.0 Å². The maximum Gasteiger partial charge on any atom is 0.129 e. The second kappa shape index (κ2) is 3.23. The largest absolute Gasteiger partial charge is 0.496 e. The Balaban J connectivity index is 2.79. The second-order valence-electron chi connectivity index (χ2n) is 2.69. The van der Waals surface area contributed by atoms with Crippen molar-refractivity contribution in [2.24, 2.45) is 0 Å². The van der Waals surface area contributed by atoms with Gasteiger partial charge in [-0.25, -0.2) is 4.98 Å². The number of rotatable bonds is 1. The van der Waals surface area contributed by atoms with Gasteiger partial charge in [0.1, 0.15) is 10.9 Å². The lowest BCUT2D eigenvalue weighted by Crippen LogP contribution is -1.85. The fourth-order valence-corrected chi connectivity index (χ4v) is 1.45. The van der Waals surface area contributed by atoms with Crippen LogP contribution in [0.1, 0.15) is 0 Å². The summed E-state index contributed by atoms with van der Waals surface area (Å²) >= 11 is 5.78. The van der Waals surface area contributed by atoms with Gasteiger partial charge < -0.3 is 4.74 Å². The van der Waals surface area contributed by atoms with Crippen LogP contribution in [0.4, 0.5) is 0 Å². The third-order valence-corrected chi connectivity index (χ3v) is 2.12. The van der Waals surface area contributed by atoms with Gasteiger partial charge in [0.25, 0.3) is 0 Å². The Labute approximate surface area is 81.1 Å². The molecule has 0 radical (unpaired) electrons. The molecule has 0 atom stereocenters. The summed E-state index contributed by atoms with van der Waals surface area (Å²) in [6.45, 7) is 0. The van der Waals surface area contributed by atoms with Gasteiger partial charge in [0.05, 0.1) is 7.11 Å². The number of pyridine rings is 1. The number of fused-ring (bicyclic) bond motifs is 1. The lowest BCUT2D eigenvalue weighted by atomic mass is 10.1. The van der Waals surface area contributed by atoms with Gasteiger partial charge in [-0.1, -0.05) is 23.7 Å². The summed E-state index contributed by atoms with van der Waals surface area (Å²) < 4.78 is 5.20. The molecule has 0 aliphatic heterocycles. The van der Waals surface area contributed by atoms with Crippen molar-refractivity contribution in [2.75, 3.05) is 7.11 Å². The topological polar surface area (TPSA) is 22.1 Å². The number of nitrogens with zero attached hydrogens (tertiary/aromatic N) is 1. The van der Waals surface area contributed by atoms with E-state index in [2.05, 4.69) is 4.98 Å². The van der Waals surface area contributed by atoms with Crippen molar-refractivity contribution >= 4 is 22.4 Å². The first-order valence-corrected chi connectivity index (χ1v) is 4.27. The summed E-state index contributed by atoms with van der Waals surface area (Å²) in [6.07, 6.45) is 1.74. The number of ether oxygens (including phenoxy) is 1. The molecule has 1 aromatic carbocycles. The van der Waals surface area contributed by atoms with Crippen molar-refractivity contribution in [3.8, 4) is 5.75 Å². The first kappa shape index (κ1) is 8.32. The molecule has 0 N–H and O–H groups in total. The smallest absolute Gasteiger partial charge is 0.129 e. The van der Waals surface area contributed by atoms with E-state index in [1.807, 2.05) is 18.2 Å². The molecule has 0 fully saturated rings. The molecule has 0 bridgehead atoms. The molecule has 1 heterocycles. The van der Waals surface area contributed by atoms with Crippen molar-refractivity contribution in [3.63, 3.8) is 0 Å². The second-order valence-corrected chi connectivity index (χ2v) is 3.08. The molecule has 66 valence electrons. The van der Waals surface area contributed by atoms with Crippen LogP contribution in [-0.4, -0.2) is 12.1 Å². The third-order valence-electron chi connectivity index (χ3n) is 1.91. The van der Waals surface area contributed by atoms with E-state index in [9.17, 15) is 0 Å². The molecular weight excluding hydrogens is 186 g/mol. The number of methoxy groups -OCH3 is 1. The van der Waals surface area contributed by atoms with Crippen molar-refractivity contribution < 1.29 is 4.74 Å². The zero-order valence-corrected chi connectivity index (χ0v) is 7.88. The highest BCUT2D eigenvalue weighted by Crippen LogP contribution is 2.26. The van der Waals surface area contributed by atoms with Crippen molar-refractivity contribution in [2.45, 2.75) is 0 Å². The van der Waals surface area contributed by atoms with Crippen molar-refractivity contribution in [1.29, 1.82) is 0 Å². The van der Waals surface area contributed by atoms with Gasteiger partial charge >= 0.3 is 0 Å². The molecule has 3 heteroatoms. The highest BCUT2D eigenvalue weighted by molar-refractivity contribution is 6.30. The van der Waals surface area contributed by atoms with Crippen LogP contribution in [0.15, 0.2) is 30.5 Å². The molecule has 13 heavy (non-hydrogen) atoms. The average molecular weight is 194 g/mol. The Morgan fingerprint density at radius 2 is 2.23 bits per heavy atom. The Kier molecular flexibility index (Phi) is 2.07. The van der Waals surface area contributed by atoms with Crippen LogP contribution < -0.4 is 4.74 Å². The molecule has 0 aliphatic rings. The SMILES string of the molecule is COc1cccc2cnc(Cl)cc12. The van der Waals surface area contributed by atoms with E-state index in [0.717, 1.165) is 16.5 Å². The molecule has 0 saturated heterocycles. The average Bonchev–Trinajstić information content (AvgIpc) is 2.17. The maximum atomic E-state index is 5.78. The van der Waals surface area contributed by atoms with Gasteiger partial charge in [-0.2, -0.15) is 0 Å². The van der Waals surface area contributed by atoms with Gasteiger partial charge in [0.2, 0.25) is 0 Å². The van der Waals surface area contributed by atoms with Crippen LogP contribution in [0, 0.1) is 0 Å². The Morgan fingerprint density at radius 3 is 3.00 bits per heavy atom. The first-order chi connectivity index (χ1) is 6.31. The number of halogens is 1. The quantitative estimate of drug-likeness (QED) is 0.650. The molecule has 0 amide bonds. The van der Waals surface area contributed by atoms with Crippen LogP contribution in [0.5, 0.6) is 5.75 Å². The molecule has 0 saturated carbocycles. The molecule has 2 aromatic rings. The Hall–Kier alpha value is -1.28. The molecule has 1 aromatic heterocycles. The Morgan fingerprint density at radius 1 is 1.38 bits per heavy atom. The summed E-state index contributed by atoms with van der Waals surface area (Å²) in [5.74, 6) is 0.821. The van der Waals surface area contributed by atoms with Crippen molar-refractivity contribution in [1.82, 2.24) is 4.98 Å². The van der Waals surface area contributed by atoms with Gasteiger partial charge in [-0.05, 0) is 12.1 Å². The number of hydrogen-bond donors (Lipinski definition) is 0. The number of hydrogen-bond acceptors (Lipinski definition) is 2. The maximum absolute atomic E-state index is 5.78. The normalized spacial score (nSPS) is 10.3. The zero-order chi connectivity index (χ0) is 9.26. The summed E-state index contributed by atoms with van der Waals surface area (Å²) in [5, 5.41) is 2.51. The van der Waals surface area contributed by atoms with Crippen LogP contribution in [0.25, 0.3) is 10.8 Å². The standard InChI is InChI=1S/C10H8ClNO/c1-13-9-4-2-3-7-6-12-10(11)5-8(7)9/h2-6H,1H3. The van der Waals surface area contributed by atoms with Gasteiger partial charge in [-0.15, -0.1) is 0 Å². The van der Waals surface area contributed by atoms with Crippen LogP contribution in [0.2, 0.25) is 5.15 Å². The molecule has 0 aliphatic carbocycles.